The smallest absolute Gasteiger partial charge is 0.548 e. The summed E-state index contributed by atoms with van der Waals surface area (Å²) in [5, 5.41) is 17.8. The molecule has 0 aromatic heterocycles. The van der Waals surface area contributed by atoms with Gasteiger partial charge in [-0.25, -0.2) is 8.42 Å². The third-order valence-electron chi connectivity index (χ3n) is 7.56. The first kappa shape index (κ1) is 33.1. The molecule has 208 valence electrons. The van der Waals surface area contributed by atoms with E-state index < -0.39 is 27.8 Å². The number of aliphatic carboxylic acids is 1. The Morgan fingerprint density at radius 1 is 1.05 bits per heavy atom. The van der Waals surface area contributed by atoms with Crippen molar-refractivity contribution in [2.45, 2.75) is 83.8 Å². The normalized spacial score (nSPS) is 15.7. The Labute approximate surface area is 245 Å². The van der Waals surface area contributed by atoms with Crippen LogP contribution in [-0.2, 0) is 21.2 Å². The second-order valence-corrected chi connectivity index (χ2v) is 12.9. The quantitative estimate of drug-likeness (QED) is 0.358. The van der Waals surface area contributed by atoms with Crippen LogP contribution in [0.4, 0.5) is 0 Å². The molecule has 1 fully saturated rings. The zero-order chi connectivity index (χ0) is 27.7. The van der Waals surface area contributed by atoms with Crippen molar-refractivity contribution in [3.05, 3.63) is 59.2 Å². The summed E-state index contributed by atoms with van der Waals surface area (Å²) in [5.74, 6) is -1.66. The summed E-state index contributed by atoms with van der Waals surface area (Å²) in [4.78, 5) is 24.9. The van der Waals surface area contributed by atoms with Gasteiger partial charge in [-0.3, -0.25) is 4.79 Å². The summed E-state index contributed by atoms with van der Waals surface area (Å²) in [7, 11) is -3.39. The van der Waals surface area contributed by atoms with Crippen molar-refractivity contribution in [2.24, 2.45) is 5.92 Å². The van der Waals surface area contributed by atoms with E-state index in [1.54, 1.807) is 6.07 Å². The minimum absolute atomic E-state index is 0. The van der Waals surface area contributed by atoms with Crippen molar-refractivity contribution < 1.29 is 42.0 Å². The van der Waals surface area contributed by atoms with Crippen LogP contribution in [0.3, 0.4) is 0 Å². The summed E-state index contributed by atoms with van der Waals surface area (Å²) in [5.41, 5.74) is 3.96. The maximum Gasteiger partial charge on any atom is 1.00 e. The number of carboxylic acid groups (broad SMARTS) is 1. The van der Waals surface area contributed by atoms with Crippen LogP contribution in [-0.4, -0.2) is 44.4 Å². The number of benzene rings is 2. The van der Waals surface area contributed by atoms with E-state index in [9.17, 15) is 23.1 Å². The van der Waals surface area contributed by atoms with E-state index in [2.05, 4.69) is 17.6 Å². The van der Waals surface area contributed by atoms with E-state index in [4.69, 9.17) is 0 Å². The second kappa shape index (κ2) is 15.6. The molecule has 39 heavy (non-hydrogen) atoms. The molecule has 2 N–H and O–H groups in total. The summed E-state index contributed by atoms with van der Waals surface area (Å²) in [6.07, 6.45) is 9.65. The number of rotatable bonds is 13. The molecule has 1 aliphatic rings. The van der Waals surface area contributed by atoms with Gasteiger partial charge in [0.15, 0.2) is 0 Å². The Bertz CT molecular complexity index is 1210. The Morgan fingerprint density at radius 2 is 1.74 bits per heavy atom. The van der Waals surface area contributed by atoms with Gasteiger partial charge in [-0.05, 0) is 66.5 Å². The van der Waals surface area contributed by atoms with Crippen molar-refractivity contribution in [1.82, 2.24) is 10.6 Å². The van der Waals surface area contributed by atoms with Gasteiger partial charge in [0, 0.05) is 24.4 Å². The number of carbonyl (C=O) groups is 2. The van der Waals surface area contributed by atoms with E-state index >= 15 is 0 Å². The van der Waals surface area contributed by atoms with Gasteiger partial charge in [0.05, 0.1) is 17.8 Å². The van der Waals surface area contributed by atoms with Crippen molar-refractivity contribution >= 4 is 21.7 Å². The van der Waals surface area contributed by atoms with Crippen LogP contribution >= 0.6 is 0 Å². The standard InChI is InChI=1S/C30H42N2O5S.Li/c1-4-24(18-22-11-6-5-7-12-22)31-20-23-14-15-26(27(19-23)25-13-9-8-10-21(25)2)29(33)32-28(30(34)35)16-17-38(3,36)37;/h8-10,13-15,19,22,24,28,31H,4-7,11-12,16-18,20H2,1-3H3,(H,32,33)(H,34,35);/q;+1/p-1/t24-,28+;/m1./s1. The average Bonchev–Trinajstić information content (AvgIpc) is 2.88. The first-order chi connectivity index (χ1) is 18.1. The fraction of sp³-hybridized carbons (Fsp3) is 0.533. The fourth-order valence-corrected chi connectivity index (χ4v) is 5.96. The van der Waals surface area contributed by atoms with Crippen LogP contribution in [0.15, 0.2) is 42.5 Å². The minimum Gasteiger partial charge on any atom is -0.548 e. The molecule has 0 aliphatic heterocycles. The van der Waals surface area contributed by atoms with Gasteiger partial charge in [0.2, 0.25) is 0 Å². The molecule has 3 rings (SSSR count). The average molecular weight is 549 g/mol. The van der Waals surface area contributed by atoms with Crippen LogP contribution in [0.2, 0.25) is 0 Å². The maximum atomic E-state index is 13.3. The second-order valence-electron chi connectivity index (χ2n) is 10.7. The van der Waals surface area contributed by atoms with Crippen LogP contribution in [0.1, 0.15) is 79.8 Å². The first-order valence-corrected chi connectivity index (χ1v) is 15.7. The summed E-state index contributed by atoms with van der Waals surface area (Å²) < 4.78 is 23.1. The third kappa shape index (κ3) is 10.4. The van der Waals surface area contributed by atoms with Crippen molar-refractivity contribution in [2.75, 3.05) is 12.0 Å². The van der Waals surface area contributed by atoms with Crippen molar-refractivity contribution in [3.8, 4) is 11.1 Å². The number of sulfone groups is 1. The Hall–Kier alpha value is -2.11. The fourth-order valence-electron chi connectivity index (χ4n) is 5.30. The van der Waals surface area contributed by atoms with Crippen LogP contribution in [0, 0.1) is 12.8 Å². The number of aryl methyl sites for hydroxylation is 1. The topological polar surface area (TPSA) is 115 Å². The van der Waals surface area contributed by atoms with Crippen molar-refractivity contribution in [3.63, 3.8) is 0 Å². The van der Waals surface area contributed by atoms with E-state index in [0.717, 1.165) is 35.3 Å². The molecule has 2 aromatic carbocycles. The van der Waals surface area contributed by atoms with Gasteiger partial charge in [0.25, 0.3) is 5.91 Å². The molecule has 0 bridgehead atoms. The summed E-state index contributed by atoms with van der Waals surface area (Å²) in [6.45, 7) is 4.85. The van der Waals surface area contributed by atoms with Crippen LogP contribution in [0.5, 0.6) is 0 Å². The third-order valence-corrected chi connectivity index (χ3v) is 8.54. The van der Waals surface area contributed by atoms with Crippen LogP contribution in [0.25, 0.3) is 11.1 Å². The monoisotopic (exact) mass is 548 g/mol. The predicted octanol–water partition coefficient (Wildman–Crippen LogP) is 0.788. The van der Waals surface area contributed by atoms with Gasteiger partial charge in [0.1, 0.15) is 9.84 Å². The molecule has 0 spiro atoms. The van der Waals surface area contributed by atoms with Gasteiger partial charge in [-0.2, -0.15) is 0 Å². The molecule has 2 aromatic rings. The molecule has 9 heteroatoms. The Morgan fingerprint density at radius 3 is 2.36 bits per heavy atom. The molecule has 1 amide bonds. The van der Waals surface area contributed by atoms with Crippen molar-refractivity contribution in [1.29, 1.82) is 0 Å². The largest absolute Gasteiger partial charge is 1.00 e. The molecule has 0 heterocycles. The SMILES string of the molecule is CC[C@H](CC1CCCCC1)NCc1ccc(C(=O)N[C@@H](CCS(C)(=O)=O)C(=O)[O-])c(-c2ccccc2C)c1.[Li+]. The molecule has 0 saturated heterocycles. The van der Waals surface area contributed by atoms with E-state index in [0.29, 0.717) is 23.7 Å². The molecule has 1 saturated carbocycles. The van der Waals surface area contributed by atoms with Gasteiger partial charge < -0.3 is 20.5 Å². The first-order valence-electron chi connectivity index (χ1n) is 13.7. The molecule has 1 aliphatic carbocycles. The maximum absolute atomic E-state index is 13.3. The summed E-state index contributed by atoms with van der Waals surface area (Å²) >= 11 is 0. The number of carboxylic acids is 1. The number of nitrogens with one attached hydrogen (secondary N) is 2. The zero-order valence-corrected chi connectivity index (χ0v) is 24.6. The molecule has 7 nitrogen and oxygen atoms in total. The van der Waals surface area contributed by atoms with Gasteiger partial charge >= 0.3 is 18.9 Å². The number of hydrogen-bond acceptors (Lipinski definition) is 6. The molecular formula is C30H41LiN2O5S. The Balaban J connectivity index is 0.00000533. The predicted molar refractivity (Wildman–Crippen MR) is 149 cm³/mol. The van der Waals surface area contributed by atoms with E-state index in [1.165, 1.54) is 38.5 Å². The summed E-state index contributed by atoms with van der Waals surface area (Å²) in [6, 6.07) is 12.4. The Kier molecular flexibility index (Phi) is 13.3. The van der Waals surface area contributed by atoms with Gasteiger partial charge in [-0.15, -0.1) is 0 Å². The number of amides is 1. The zero-order valence-electron chi connectivity index (χ0n) is 23.8. The van der Waals surface area contributed by atoms with E-state index in [1.807, 2.05) is 43.3 Å². The van der Waals surface area contributed by atoms with Crippen LogP contribution < -0.4 is 34.6 Å². The minimum atomic E-state index is -3.39. The van der Waals surface area contributed by atoms with E-state index in [-0.39, 0.29) is 31.0 Å². The molecule has 0 radical (unpaired) electrons. The molecule has 0 unspecified atom stereocenters. The molecule has 2 atom stereocenters. The van der Waals surface area contributed by atoms with Gasteiger partial charge in [-0.1, -0.05) is 69.4 Å². The molecular weight excluding hydrogens is 507 g/mol. The number of hydrogen-bond donors (Lipinski definition) is 2. The number of carbonyl (C=O) groups excluding carboxylic acids is 2.